The van der Waals surface area contributed by atoms with E-state index < -0.39 is 7.82 Å². The third-order valence-electron chi connectivity index (χ3n) is 4.49. The molecule has 0 aromatic heterocycles. The summed E-state index contributed by atoms with van der Waals surface area (Å²) >= 11 is 73.3. The summed E-state index contributed by atoms with van der Waals surface area (Å²) in [5, 5.41) is -1.46. The summed E-state index contributed by atoms with van der Waals surface area (Å²) in [4.78, 5) is 0. The molecule has 0 atom stereocenters. The van der Waals surface area contributed by atoms with Crippen molar-refractivity contribution in [1.29, 1.82) is 0 Å². The molecule has 41 heavy (non-hydrogen) atoms. The van der Waals surface area contributed by atoms with Gasteiger partial charge in [-0.05, 0) is 18.2 Å². The summed E-state index contributed by atoms with van der Waals surface area (Å²) in [7, 11) is -5.26. The van der Waals surface area contributed by atoms with Gasteiger partial charge in [-0.15, -0.1) is 13.9 Å². The molecule has 0 aliphatic carbocycles. The third kappa shape index (κ3) is 7.85. The van der Waals surface area contributed by atoms with E-state index in [-0.39, 0.29) is 92.9 Å². The van der Waals surface area contributed by atoms with E-state index >= 15 is 0 Å². The second kappa shape index (κ2) is 14.3. The maximum Gasteiger partial charge on any atom is 0.543 e. The van der Waals surface area contributed by atoms with Crippen LogP contribution in [0.1, 0.15) is 0 Å². The van der Waals surface area contributed by atoms with Crippen LogP contribution in [-0.2, 0) is 18.4 Å². The summed E-state index contributed by atoms with van der Waals surface area (Å²) in [6.45, 7) is 0. The Balaban J connectivity index is 2.10. The predicted molar refractivity (Wildman–Crippen MR) is 170 cm³/mol. The quantitative estimate of drug-likeness (QED) is 0.0629. The van der Waals surface area contributed by atoms with Crippen molar-refractivity contribution in [2.75, 3.05) is 15.5 Å². The number of nitrogens with two attached hydrogens (primary N) is 3. The van der Waals surface area contributed by atoms with E-state index in [1.807, 2.05) is 0 Å². The molecule has 0 bridgehead atoms. The average molecular weight is 830 g/mol. The minimum Gasteiger partial charge on any atom is -0.222 e. The zero-order chi connectivity index (χ0) is 31.1. The van der Waals surface area contributed by atoms with E-state index in [0.717, 1.165) is 18.2 Å². The van der Waals surface area contributed by atoms with Crippen LogP contribution in [0.25, 0.3) is 0 Å². The van der Waals surface area contributed by atoms with Gasteiger partial charge < -0.3 is 0 Å². The second-order valence-corrected chi connectivity index (χ2v) is 13.2. The van der Waals surface area contributed by atoms with Crippen LogP contribution in [-0.4, -0.2) is 0 Å². The molecule has 10 nitrogen and oxygen atoms in total. The molecule has 3 aromatic carbocycles. The third-order valence-corrected chi connectivity index (χ3v) is 10.2. The zero-order valence-electron chi connectivity index (χ0n) is 18.9. The lowest BCUT2D eigenvalue weighted by Gasteiger charge is -2.30. The van der Waals surface area contributed by atoms with Gasteiger partial charge in [0.05, 0.1) is 60.3 Å². The number of benzene rings is 3. The molecule has 0 spiro atoms. The Kier molecular flexibility index (Phi) is 12.6. The summed E-state index contributed by atoms with van der Waals surface area (Å²) in [6.07, 6.45) is 0. The van der Waals surface area contributed by atoms with E-state index in [4.69, 9.17) is 171 Å². The van der Waals surface area contributed by atoms with E-state index in [1.54, 1.807) is 0 Å². The molecule has 0 aliphatic heterocycles. The van der Waals surface area contributed by atoms with Crippen molar-refractivity contribution < 1.29 is 18.4 Å². The first-order valence-corrected chi connectivity index (χ1v) is 15.7. The van der Waals surface area contributed by atoms with Crippen molar-refractivity contribution in [2.24, 2.45) is 17.5 Å². The topological polar surface area (TPSA) is 133 Å². The van der Waals surface area contributed by atoms with Crippen LogP contribution in [0.15, 0.2) is 18.2 Å². The first-order valence-electron chi connectivity index (χ1n) is 9.72. The van der Waals surface area contributed by atoms with Gasteiger partial charge in [0.1, 0.15) is 17.1 Å². The Hall–Kier alpha value is 0.530. The largest absolute Gasteiger partial charge is 0.543 e. The minimum atomic E-state index is -5.26. The minimum absolute atomic E-state index is 0.0384. The zero-order valence-corrected chi connectivity index (χ0v) is 28.9. The molecule has 0 unspecified atom stereocenters. The van der Waals surface area contributed by atoms with Crippen molar-refractivity contribution >= 4 is 164 Å². The van der Waals surface area contributed by atoms with Gasteiger partial charge in [-0.2, -0.15) is 15.5 Å². The molecule has 0 amide bonds. The molecule has 0 aliphatic rings. The van der Waals surface area contributed by atoms with Gasteiger partial charge in [-0.25, -0.2) is 22.1 Å². The van der Waals surface area contributed by atoms with Gasteiger partial charge in [0.25, 0.3) is 0 Å². The molecule has 23 heteroatoms. The molecular weight excluding hydrogens is 821 g/mol. The fraction of sp³-hybridized carbons (Fsp3) is 0. The molecular formula is C18H9Cl12N6O4P. The highest BCUT2D eigenvalue weighted by atomic mass is 35.5. The average Bonchev–Trinajstić information content (AvgIpc) is 2.84. The smallest absolute Gasteiger partial charge is 0.222 e. The van der Waals surface area contributed by atoms with E-state index in [0.29, 0.717) is 0 Å². The lowest BCUT2D eigenvalue weighted by Crippen LogP contribution is -2.39. The summed E-state index contributed by atoms with van der Waals surface area (Å²) in [5.41, 5.74) is -1.05. The molecule has 0 radical (unpaired) electrons. The van der Waals surface area contributed by atoms with Crippen LogP contribution in [0.5, 0.6) is 0 Å². The lowest BCUT2D eigenvalue weighted by atomic mass is 10.3. The molecule has 6 N–H and O–H groups in total. The van der Waals surface area contributed by atoms with Gasteiger partial charge >= 0.3 is 7.82 Å². The molecule has 0 heterocycles. The highest BCUT2D eigenvalue weighted by Crippen LogP contribution is 2.56. The monoisotopic (exact) mass is 824 g/mol. The number of halogens is 12. The van der Waals surface area contributed by atoms with Gasteiger partial charge in [0.2, 0.25) is 0 Å². The highest BCUT2D eigenvalue weighted by Gasteiger charge is 2.40. The SMILES string of the molecule is NN(OP(=O)(ON(N)c1c(Cl)cc(Cl)c(Cl)c1Cl)ON(N)c1c(Cl)cc(Cl)c(Cl)c1Cl)c1c(Cl)cc(Cl)c(Cl)c1Cl. The number of nitrogens with zero attached hydrogens (tertiary/aromatic N) is 3. The van der Waals surface area contributed by atoms with Crippen LogP contribution in [0.3, 0.4) is 0 Å². The van der Waals surface area contributed by atoms with Crippen LogP contribution < -0.4 is 33.0 Å². The Labute approximate surface area is 291 Å². The molecule has 3 aromatic rings. The molecule has 224 valence electrons. The van der Waals surface area contributed by atoms with E-state index in [2.05, 4.69) is 0 Å². The standard InChI is InChI=1S/C18H9Cl12N6O4P/c19-4-1-7(22)16(13(28)10(4)25)34(31)38-41(37,39-35(32)17-8(23)2-5(20)11(26)14(17)29)40-36(33)18-9(24)3-6(21)12(27)15(18)30/h1-3H,31-33H2. The van der Waals surface area contributed by atoms with Crippen molar-refractivity contribution in [1.82, 2.24) is 0 Å². The fourth-order valence-corrected chi connectivity index (χ4v) is 6.97. The Morgan fingerprint density at radius 1 is 0.439 bits per heavy atom. The van der Waals surface area contributed by atoms with Crippen molar-refractivity contribution in [2.45, 2.75) is 0 Å². The highest BCUT2D eigenvalue weighted by molar-refractivity contribution is 7.48. The summed E-state index contributed by atoms with van der Waals surface area (Å²) in [5.74, 6) is 17.8. The normalized spacial score (nSPS) is 11.7. The predicted octanol–water partition coefficient (Wildman–Crippen LogP) is 10.9. The Morgan fingerprint density at radius 3 is 0.878 bits per heavy atom. The first-order chi connectivity index (χ1) is 18.9. The number of hydrogen-bond donors (Lipinski definition) is 3. The van der Waals surface area contributed by atoms with Crippen molar-refractivity contribution in [3.63, 3.8) is 0 Å². The number of hydrazine groups is 3. The van der Waals surface area contributed by atoms with Gasteiger partial charge in [0.15, 0.2) is 0 Å². The van der Waals surface area contributed by atoms with Gasteiger partial charge in [0, 0.05) is 0 Å². The maximum absolute atomic E-state index is 14.0. The van der Waals surface area contributed by atoms with Crippen LogP contribution in [0.4, 0.5) is 17.1 Å². The molecule has 0 fully saturated rings. The van der Waals surface area contributed by atoms with Gasteiger partial charge in [-0.3, -0.25) is 0 Å². The fourth-order valence-electron chi connectivity index (χ4n) is 2.77. The van der Waals surface area contributed by atoms with Crippen molar-refractivity contribution in [3.05, 3.63) is 78.5 Å². The van der Waals surface area contributed by atoms with Crippen molar-refractivity contribution in [3.8, 4) is 0 Å². The van der Waals surface area contributed by atoms with Crippen LogP contribution >= 0.6 is 147 Å². The van der Waals surface area contributed by atoms with Crippen LogP contribution in [0.2, 0.25) is 60.3 Å². The number of hydrogen-bond acceptors (Lipinski definition) is 10. The van der Waals surface area contributed by atoms with E-state index in [1.165, 1.54) is 0 Å². The summed E-state index contributed by atoms with van der Waals surface area (Å²) in [6, 6.07) is 3.49. The Morgan fingerprint density at radius 2 is 0.659 bits per heavy atom. The second-order valence-electron chi connectivity index (χ2n) is 7.12. The number of rotatable bonds is 9. The van der Waals surface area contributed by atoms with Crippen LogP contribution in [0, 0.1) is 0 Å². The summed E-state index contributed by atoms with van der Waals surface area (Å²) < 4.78 is 29.8. The van der Waals surface area contributed by atoms with Gasteiger partial charge in [-0.1, -0.05) is 139 Å². The molecule has 0 saturated heterocycles. The van der Waals surface area contributed by atoms with E-state index in [9.17, 15) is 4.57 Å². The molecule has 0 saturated carbocycles. The number of anilines is 3. The first kappa shape index (κ1) is 36.0. The molecule has 3 rings (SSSR count). The Bertz CT molecular complexity index is 1390. The maximum atomic E-state index is 14.0. The lowest BCUT2D eigenvalue weighted by molar-refractivity contribution is 0.0861. The number of phosphoric acid groups is 1.